The van der Waals surface area contributed by atoms with E-state index in [0.717, 1.165) is 65.1 Å². The minimum Gasteiger partial charge on any atom is -0.0840 e. The van der Waals surface area contributed by atoms with E-state index in [1.807, 2.05) is 0 Å². The van der Waals surface area contributed by atoms with Crippen molar-refractivity contribution in [2.45, 2.75) is 156 Å². The first-order chi connectivity index (χ1) is 18.2. The van der Waals surface area contributed by atoms with Gasteiger partial charge in [-0.1, -0.05) is 102 Å². The minimum absolute atomic E-state index is 0.335. The van der Waals surface area contributed by atoms with Crippen LogP contribution in [0.15, 0.2) is 11.6 Å². The molecule has 226 valence electrons. The van der Waals surface area contributed by atoms with E-state index in [1.54, 1.807) is 18.4 Å². The van der Waals surface area contributed by atoms with Gasteiger partial charge in [0.2, 0.25) is 0 Å². The summed E-state index contributed by atoms with van der Waals surface area (Å²) in [5.41, 5.74) is 2.22. The first kappa shape index (κ1) is 32.4. The van der Waals surface area contributed by atoms with Crippen LogP contribution >= 0.6 is 22.6 Å². The summed E-state index contributed by atoms with van der Waals surface area (Å²) in [6.45, 7) is 22.7. The Morgan fingerprint density at radius 3 is 2.26 bits per heavy atom. The normalized spacial score (nSPS) is 39.9. The van der Waals surface area contributed by atoms with Crippen LogP contribution in [0.2, 0.25) is 0 Å². The number of hydrogen-bond acceptors (Lipinski definition) is 0. The van der Waals surface area contributed by atoms with E-state index in [4.69, 9.17) is 0 Å². The summed E-state index contributed by atoms with van der Waals surface area (Å²) in [4.78, 5) is 0. The van der Waals surface area contributed by atoms with Gasteiger partial charge in [0, 0.05) is 3.42 Å². The number of alkyl halides is 1. The fraction of sp³-hybridized carbons (Fsp3) is 0.947. The molecule has 0 aromatic carbocycles. The summed E-state index contributed by atoms with van der Waals surface area (Å²) in [5.74, 6) is 10.7. The van der Waals surface area contributed by atoms with Crippen molar-refractivity contribution in [2.24, 2.45) is 70.5 Å². The molecule has 4 rings (SSSR count). The van der Waals surface area contributed by atoms with Gasteiger partial charge >= 0.3 is 0 Å². The molecule has 0 bridgehead atoms. The van der Waals surface area contributed by atoms with Crippen LogP contribution in [-0.2, 0) is 0 Å². The maximum absolute atomic E-state index is 2.68. The van der Waals surface area contributed by atoms with E-state index < -0.39 is 0 Å². The Hall–Kier alpha value is 0.470. The van der Waals surface area contributed by atoms with Crippen molar-refractivity contribution in [2.75, 3.05) is 0 Å². The van der Waals surface area contributed by atoms with Gasteiger partial charge < -0.3 is 0 Å². The number of fused-ring (bicyclic) bond motifs is 1. The highest BCUT2D eigenvalue weighted by Gasteiger charge is 2.43. The lowest BCUT2D eigenvalue weighted by Crippen LogP contribution is -2.40. The quantitative estimate of drug-likeness (QED) is 0.139. The molecule has 4 aliphatic carbocycles. The third-order valence-electron chi connectivity index (χ3n) is 13.1. The summed E-state index contributed by atoms with van der Waals surface area (Å²) in [6.07, 6.45) is 23.4. The molecule has 39 heavy (non-hydrogen) atoms. The molecule has 3 saturated carbocycles. The lowest BCUT2D eigenvalue weighted by atomic mass is 9.56. The molecule has 0 heterocycles. The van der Waals surface area contributed by atoms with E-state index in [9.17, 15) is 0 Å². The Morgan fingerprint density at radius 1 is 0.846 bits per heavy atom. The van der Waals surface area contributed by atoms with Crippen molar-refractivity contribution in [3.8, 4) is 0 Å². The van der Waals surface area contributed by atoms with Crippen molar-refractivity contribution in [1.29, 1.82) is 0 Å². The highest BCUT2D eigenvalue weighted by atomic mass is 127. The van der Waals surface area contributed by atoms with Gasteiger partial charge in [-0.15, -0.1) is 0 Å². The molecular formula is C38H67I. The molecule has 10 unspecified atom stereocenters. The largest absolute Gasteiger partial charge is 0.0840 e. The second-order valence-electron chi connectivity index (χ2n) is 17.4. The van der Waals surface area contributed by atoms with Gasteiger partial charge in [0.1, 0.15) is 0 Å². The first-order valence-electron chi connectivity index (χ1n) is 17.6. The summed E-state index contributed by atoms with van der Waals surface area (Å²) < 4.78 is 0.335. The van der Waals surface area contributed by atoms with Crippen LogP contribution in [-0.4, -0.2) is 3.42 Å². The summed E-state index contributed by atoms with van der Waals surface area (Å²) in [6, 6.07) is 0. The maximum Gasteiger partial charge on any atom is 0.0374 e. The van der Waals surface area contributed by atoms with Crippen molar-refractivity contribution in [3.05, 3.63) is 11.6 Å². The Morgan fingerprint density at radius 2 is 1.59 bits per heavy atom. The van der Waals surface area contributed by atoms with Gasteiger partial charge in [-0.05, 0) is 155 Å². The fourth-order valence-corrected chi connectivity index (χ4v) is 11.2. The van der Waals surface area contributed by atoms with Crippen molar-refractivity contribution < 1.29 is 0 Å². The van der Waals surface area contributed by atoms with Crippen LogP contribution in [0.5, 0.6) is 0 Å². The topological polar surface area (TPSA) is 0 Å². The zero-order valence-electron chi connectivity index (χ0n) is 27.7. The Balaban J connectivity index is 1.26. The van der Waals surface area contributed by atoms with Crippen LogP contribution in [0.1, 0.15) is 152 Å². The molecule has 11 atom stereocenters. The molecule has 0 spiro atoms. The van der Waals surface area contributed by atoms with Crippen molar-refractivity contribution in [1.82, 2.24) is 0 Å². The molecule has 3 fully saturated rings. The number of allylic oxidation sites excluding steroid dienone is 2. The Labute approximate surface area is 259 Å². The van der Waals surface area contributed by atoms with Gasteiger partial charge in [-0.3, -0.25) is 0 Å². The summed E-state index contributed by atoms with van der Waals surface area (Å²) in [7, 11) is 0. The predicted octanol–water partition coefficient (Wildman–Crippen LogP) is 12.5. The summed E-state index contributed by atoms with van der Waals surface area (Å²) in [5, 5.41) is 0. The molecule has 1 heteroatoms. The number of rotatable bonds is 8. The highest BCUT2D eigenvalue weighted by Crippen LogP contribution is 2.53. The zero-order valence-corrected chi connectivity index (χ0v) is 29.9. The van der Waals surface area contributed by atoms with Gasteiger partial charge in [0.05, 0.1) is 0 Å². The Bertz CT molecular complexity index is 795. The molecule has 0 nitrogen and oxygen atoms in total. The smallest absolute Gasteiger partial charge is 0.0374 e. The van der Waals surface area contributed by atoms with E-state index in [2.05, 4.69) is 91.0 Å². The molecular weight excluding hydrogens is 583 g/mol. The van der Waals surface area contributed by atoms with Crippen LogP contribution in [0.4, 0.5) is 0 Å². The highest BCUT2D eigenvalue weighted by molar-refractivity contribution is 14.1. The standard InChI is InChI=1S/C38H67I/c1-25(21-29-15-20-36(27(3)22-29)37(5,6)7)13-18-34-26(2)14-16-32-23-31(17-19-35(32)34)28(4)30-11-10-12-33(24-30)38(8,9)39/h12,25-32,34-36H,10-11,13-24H2,1-9H3/t25?,26?,27?,28?,29?,30?,31?,32?,34?,35?,36-/m1/s1. The molecule has 0 N–H and O–H groups in total. The van der Waals surface area contributed by atoms with Crippen LogP contribution < -0.4 is 0 Å². The third-order valence-corrected chi connectivity index (χ3v) is 13.8. The van der Waals surface area contributed by atoms with Crippen LogP contribution in [0.3, 0.4) is 0 Å². The molecule has 0 aromatic heterocycles. The lowest BCUT2D eigenvalue weighted by molar-refractivity contribution is 0.0125. The minimum atomic E-state index is 0.335. The van der Waals surface area contributed by atoms with Crippen LogP contribution in [0.25, 0.3) is 0 Å². The van der Waals surface area contributed by atoms with E-state index in [0.29, 0.717) is 8.84 Å². The molecule has 0 radical (unpaired) electrons. The third kappa shape index (κ3) is 8.31. The Kier molecular flexibility index (Phi) is 11.1. The van der Waals surface area contributed by atoms with Crippen molar-refractivity contribution in [3.63, 3.8) is 0 Å². The predicted molar refractivity (Wildman–Crippen MR) is 181 cm³/mol. The number of halogens is 1. The van der Waals surface area contributed by atoms with Gasteiger partial charge in [-0.2, -0.15) is 0 Å². The van der Waals surface area contributed by atoms with E-state index in [1.165, 1.54) is 77.0 Å². The molecule has 0 aliphatic heterocycles. The van der Waals surface area contributed by atoms with Crippen LogP contribution in [0, 0.1) is 70.5 Å². The summed E-state index contributed by atoms with van der Waals surface area (Å²) >= 11 is 2.68. The van der Waals surface area contributed by atoms with Gasteiger partial charge in [-0.25, -0.2) is 0 Å². The second kappa shape index (κ2) is 13.4. The zero-order chi connectivity index (χ0) is 28.5. The van der Waals surface area contributed by atoms with E-state index >= 15 is 0 Å². The maximum atomic E-state index is 2.68. The van der Waals surface area contributed by atoms with Gasteiger partial charge in [0.25, 0.3) is 0 Å². The average molecular weight is 651 g/mol. The van der Waals surface area contributed by atoms with Crippen molar-refractivity contribution >= 4 is 22.6 Å². The number of hydrogen-bond donors (Lipinski definition) is 0. The molecule has 0 saturated heterocycles. The lowest BCUT2D eigenvalue weighted by Gasteiger charge is -2.49. The average Bonchev–Trinajstić information content (AvgIpc) is 2.86. The second-order valence-corrected chi connectivity index (χ2v) is 20.1. The SMILES string of the molecule is CC(CCC1C(C)CCC2CC(C(C)C3CCC=C(C(C)(C)I)C3)CCC21)CC1CC[C@@H](C(C)(C)C)C(C)C1. The monoisotopic (exact) mass is 650 g/mol. The first-order valence-corrected chi connectivity index (χ1v) is 18.7. The fourth-order valence-electron chi connectivity index (χ4n) is 10.7. The van der Waals surface area contributed by atoms with E-state index in [-0.39, 0.29) is 0 Å². The molecule has 0 aromatic rings. The molecule has 0 amide bonds. The molecule has 4 aliphatic rings. The van der Waals surface area contributed by atoms with Gasteiger partial charge in [0.15, 0.2) is 0 Å².